The number of carbonyl (C=O) groups is 2. The zero-order valence-electron chi connectivity index (χ0n) is 16.2. The van der Waals surface area contributed by atoms with Gasteiger partial charge in [-0.3, -0.25) is 14.5 Å². The maximum Gasteiger partial charge on any atom is 0.245 e. The van der Waals surface area contributed by atoms with Crippen molar-refractivity contribution in [1.82, 2.24) is 4.90 Å². The fourth-order valence-electron chi connectivity index (χ4n) is 4.14. The number of anilines is 1. The van der Waals surface area contributed by atoms with Crippen LogP contribution in [0.3, 0.4) is 0 Å². The predicted molar refractivity (Wildman–Crippen MR) is 108 cm³/mol. The molecule has 28 heavy (non-hydrogen) atoms. The van der Waals surface area contributed by atoms with Crippen LogP contribution in [0.4, 0.5) is 5.69 Å². The summed E-state index contributed by atoms with van der Waals surface area (Å²) in [7, 11) is 0. The number of benzene rings is 2. The van der Waals surface area contributed by atoms with Crippen LogP contribution in [-0.4, -0.2) is 35.8 Å². The first-order valence-electron chi connectivity index (χ1n) is 10.1. The summed E-state index contributed by atoms with van der Waals surface area (Å²) in [6.45, 7) is 3.77. The lowest BCUT2D eigenvalue weighted by Gasteiger charge is -2.35. The van der Waals surface area contributed by atoms with Crippen LogP contribution in [0, 0.1) is 5.92 Å². The van der Waals surface area contributed by atoms with E-state index < -0.39 is 6.04 Å². The monoisotopic (exact) mass is 378 g/mol. The molecule has 2 aliphatic rings. The van der Waals surface area contributed by atoms with Crippen LogP contribution < -0.4 is 9.64 Å². The number of piperidine rings is 1. The number of rotatable bonds is 4. The van der Waals surface area contributed by atoms with Gasteiger partial charge in [0.1, 0.15) is 17.5 Å². The molecule has 2 unspecified atom stereocenters. The van der Waals surface area contributed by atoms with Crippen molar-refractivity contribution >= 4 is 17.5 Å². The molecule has 2 saturated heterocycles. The molecule has 0 bridgehead atoms. The van der Waals surface area contributed by atoms with Crippen molar-refractivity contribution in [2.75, 3.05) is 18.0 Å². The molecule has 0 saturated carbocycles. The summed E-state index contributed by atoms with van der Waals surface area (Å²) in [5.41, 5.74) is 0.756. The molecule has 146 valence electrons. The largest absolute Gasteiger partial charge is 0.457 e. The SMILES string of the molecule is CC1CCCN(C(=O)C2CCC(=O)N2c2ccc(Oc3ccccc3)cc2)C1. The normalized spacial score (nSPS) is 22.4. The van der Waals surface area contributed by atoms with E-state index >= 15 is 0 Å². The highest BCUT2D eigenvalue weighted by molar-refractivity contribution is 6.03. The molecule has 0 aliphatic carbocycles. The van der Waals surface area contributed by atoms with Crippen molar-refractivity contribution < 1.29 is 14.3 Å². The molecule has 5 heteroatoms. The van der Waals surface area contributed by atoms with Crippen LogP contribution in [0.2, 0.25) is 0 Å². The van der Waals surface area contributed by atoms with Crippen molar-refractivity contribution in [3.05, 3.63) is 54.6 Å². The highest BCUT2D eigenvalue weighted by Crippen LogP contribution is 2.31. The fraction of sp³-hybridized carbons (Fsp3) is 0.391. The third-order valence-electron chi connectivity index (χ3n) is 5.56. The third kappa shape index (κ3) is 3.88. The van der Waals surface area contributed by atoms with Gasteiger partial charge in [-0.05, 0) is 61.6 Å². The van der Waals surface area contributed by atoms with Crippen molar-refractivity contribution in [3.63, 3.8) is 0 Å². The zero-order chi connectivity index (χ0) is 19.5. The quantitative estimate of drug-likeness (QED) is 0.800. The maximum atomic E-state index is 13.1. The van der Waals surface area contributed by atoms with Gasteiger partial charge in [-0.15, -0.1) is 0 Å². The minimum Gasteiger partial charge on any atom is -0.457 e. The maximum absolute atomic E-state index is 13.1. The molecule has 0 N–H and O–H groups in total. The van der Waals surface area contributed by atoms with Gasteiger partial charge in [0.15, 0.2) is 0 Å². The fourth-order valence-corrected chi connectivity index (χ4v) is 4.14. The molecule has 2 atom stereocenters. The first-order valence-corrected chi connectivity index (χ1v) is 10.1. The minimum atomic E-state index is -0.390. The summed E-state index contributed by atoms with van der Waals surface area (Å²) in [4.78, 5) is 29.2. The number of likely N-dealkylation sites (tertiary alicyclic amines) is 1. The topological polar surface area (TPSA) is 49.9 Å². The Bertz CT molecular complexity index is 835. The second kappa shape index (κ2) is 8.05. The lowest BCUT2D eigenvalue weighted by atomic mass is 9.99. The lowest BCUT2D eigenvalue weighted by molar-refractivity contribution is -0.134. The Morgan fingerprint density at radius 1 is 1.00 bits per heavy atom. The molecule has 2 aliphatic heterocycles. The van der Waals surface area contributed by atoms with E-state index in [9.17, 15) is 9.59 Å². The molecule has 2 amide bonds. The highest BCUT2D eigenvalue weighted by Gasteiger charge is 2.39. The Balaban J connectivity index is 1.49. The van der Waals surface area contributed by atoms with Gasteiger partial charge in [0.2, 0.25) is 11.8 Å². The molecule has 2 fully saturated rings. The average molecular weight is 378 g/mol. The molecule has 2 aromatic rings. The van der Waals surface area contributed by atoms with Gasteiger partial charge in [-0.1, -0.05) is 25.1 Å². The molecule has 5 nitrogen and oxygen atoms in total. The Morgan fingerprint density at radius 2 is 1.71 bits per heavy atom. The summed E-state index contributed by atoms with van der Waals surface area (Å²) >= 11 is 0. The van der Waals surface area contributed by atoms with E-state index in [1.807, 2.05) is 59.5 Å². The molecule has 2 aromatic carbocycles. The van der Waals surface area contributed by atoms with Crippen LogP contribution in [0.5, 0.6) is 11.5 Å². The molecular formula is C23H26N2O3. The summed E-state index contributed by atoms with van der Waals surface area (Å²) in [5, 5.41) is 0. The van der Waals surface area contributed by atoms with Crippen molar-refractivity contribution in [2.45, 2.75) is 38.6 Å². The third-order valence-corrected chi connectivity index (χ3v) is 5.56. The van der Waals surface area contributed by atoms with Crippen LogP contribution >= 0.6 is 0 Å². The summed E-state index contributed by atoms with van der Waals surface area (Å²) in [6, 6.07) is 16.6. The predicted octanol–water partition coefficient (Wildman–Crippen LogP) is 4.23. The van der Waals surface area contributed by atoms with E-state index in [2.05, 4.69) is 6.92 Å². The number of amides is 2. The van der Waals surface area contributed by atoms with Crippen molar-refractivity contribution in [3.8, 4) is 11.5 Å². The van der Waals surface area contributed by atoms with Crippen LogP contribution in [-0.2, 0) is 9.59 Å². The van der Waals surface area contributed by atoms with Gasteiger partial charge in [-0.2, -0.15) is 0 Å². The summed E-state index contributed by atoms with van der Waals surface area (Å²) < 4.78 is 5.83. The Hall–Kier alpha value is -2.82. The molecule has 0 aromatic heterocycles. The van der Waals surface area contributed by atoms with Gasteiger partial charge >= 0.3 is 0 Å². The standard InChI is InChI=1S/C23H26N2O3/c1-17-6-5-15-24(16-17)23(27)21-13-14-22(26)25(21)18-9-11-20(12-10-18)28-19-7-3-2-4-8-19/h2-4,7-12,17,21H,5-6,13-16H2,1H3. The number of hydrogen-bond acceptors (Lipinski definition) is 3. The Labute approximate surface area is 165 Å². The molecule has 0 radical (unpaired) electrons. The molecular weight excluding hydrogens is 352 g/mol. The van der Waals surface area contributed by atoms with Crippen LogP contribution in [0.1, 0.15) is 32.6 Å². The summed E-state index contributed by atoms with van der Waals surface area (Å²) in [5.74, 6) is 2.09. The van der Waals surface area contributed by atoms with Crippen LogP contribution in [0.15, 0.2) is 54.6 Å². The molecule has 0 spiro atoms. The van der Waals surface area contributed by atoms with E-state index in [0.717, 1.165) is 30.9 Å². The van der Waals surface area contributed by atoms with Gasteiger partial charge in [0.05, 0.1) is 0 Å². The second-order valence-corrected chi connectivity index (χ2v) is 7.76. The lowest BCUT2D eigenvalue weighted by Crippen LogP contribution is -2.49. The number of ether oxygens (including phenoxy) is 1. The molecule has 4 rings (SSSR count). The van der Waals surface area contributed by atoms with Gasteiger partial charge in [-0.25, -0.2) is 0 Å². The second-order valence-electron chi connectivity index (χ2n) is 7.76. The van der Waals surface area contributed by atoms with Gasteiger partial charge in [0.25, 0.3) is 0 Å². The van der Waals surface area contributed by atoms with Crippen molar-refractivity contribution in [2.24, 2.45) is 5.92 Å². The van der Waals surface area contributed by atoms with E-state index in [4.69, 9.17) is 4.74 Å². The van der Waals surface area contributed by atoms with Crippen LogP contribution in [0.25, 0.3) is 0 Å². The van der Waals surface area contributed by atoms with E-state index in [0.29, 0.717) is 24.5 Å². The van der Waals surface area contributed by atoms with Gasteiger partial charge < -0.3 is 9.64 Å². The number of carbonyl (C=O) groups excluding carboxylic acids is 2. The van der Waals surface area contributed by atoms with E-state index in [-0.39, 0.29) is 11.8 Å². The number of para-hydroxylation sites is 1. The number of hydrogen-bond donors (Lipinski definition) is 0. The van der Waals surface area contributed by atoms with E-state index in [1.165, 1.54) is 6.42 Å². The average Bonchev–Trinajstić information content (AvgIpc) is 3.10. The first kappa shape index (κ1) is 18.5. The smallest absolute Gasteiger partial charge is 0.245 e. The Kier molecular flexibility index (Phi) is 5.33. The zero-order valence-corrected chi connectivity index (χ0v) is 16.2. The molecule has 2 heterocycles. The number of nitrogens with zero attached hydrogens (tertiary/aromatic N) is 2. The first-order chi connectivity index (χ1) is 13.6. The van der Waals surface area contributed by atoms with Gasteiger partial charge in [0, 0.05) is 25.2 Å². The van der Waals surface area contributed by atoms with E-state index in [1.54, 1.807) is 4.90 Å². The Morgan fingerprint density at radius 3 is 2.43 bits per heavy atom. The van der Waals surface area contributed by atoms with Crippen molar-refractivity contribution in [1.29, 1.82) is 0 Å². The minimum absolute atomic E-state index is 0.0140. The highest BCUT2D eigenvalue weighted by atomic mass is 16.5. The summed E-state index contributed by atoms with van der Waals surface area (Å²) in [6.07, 6.45) is 3.21.